The topological polar surface area (TPSA) is 68.3 Å². The lowest BCUT2D eigenvalue weighted by molar-refractivity contribution is 0.0606. The van der Waals surface area contributed by atoms with Gasteiger partial charge in [-0.2, -0.15) is 0 Å². The second-order valence-electron chi connectivity index (χ2n) is 3.46. The molecule has 1 heterocycles. The van der Waals surface area contributed by atoms with Crippen LogP contribution in [0.2, 0.25) is 0 Å². The molecule has 1 N–H and O–H groups in total. The van der Waals surface area contributed by atoms with E-state index in [1.54, 1.807) is 12.1 Å². The maximum atomic E-state index is 12.0. The van der Waals surface area contributed by atoms with Gasteiger partial charge in [-0.1, -0.05) is 23.5 Å². The molecule has 1 amide bonds. The maximum Gasteiger partial charge on any atom is 0.349 e. The summed E-state index contributed by atoms with van der Waals surface area (Å²) in [5, 5.41) is 3.02. The summed E-state index contributed by atoms with van der Waals surface area (Å²) in [6.07, 6.45) is 1.38. The molecule has 2 rings (SSSR count). The summed E-state index contributed by atoms with van der Waals surface area (Å²) in [5.74, 6) is -0.719. The zero-order valence-electron chi connectivity index (χ0n) is 9.84. The van der Waals surface area contributed by atoms with E-state index in [1.165, 1.54) is 13.3 Å². The molecule has 0 aliphatic carbocycles. The van der Waals surface area contributed by atoms with Crippen molar-refractivity contribution in [2.75, 3.05) is 12.4 Å². The highest BCUT2D eigenvalue weighted by atomic mass is 127. The fraction of sp³-hybridized carbons (Fsp3) is 0.0833. The first-order valence-corrected chi connectivity index (χ1v) is 7.11. The first-order chi connectivity index (χ1) is 9.11. The van der Waals surface area contributed by atoms with Crippen molar-refractivity contribution < 1.29 is 14.3 Å². The minimum absolute atomic E-state index is 0.254. The number of nitrogens with zero attached hydrogens (tertiary/aromatic N) is 1. The number of hydrogen-bond acceptors (Lipinski definition) is 5. The predicted molar refractivity (Wildman–Crippen MR) is 80.6 cm³/mol. The van der Waals surface area contributed by atoms with Gasteiger partial charge in [-0.15, -0.1) is 0 Å². The molecule has 0 aliphatic rings. The Labute approximate surface area is 127 Å². The molecule has 2 aromatic rings. The van der Waals surface area contributed by atoms with Crippen LogP contribution in [0.4, 0.5) is 5.13 Å². The molecule has 0 unspecified atom stereocenters. The van der Waals surface area contributed by atoms with Crippen LogP contribution in [0.15, 0.2) is 30.5 Å². The normalized spacial score (nSPS) is 10.0. The Hall–Kier alpha value is -1.48. The number of carbonyl (C=O) groups is 2. The van der Waals surface area contributed by atoms with Crippen molar-refractivity contribution in [1.82, 2.24) is 4.98 Å². The molecule has 0 aliphatic heterocycles. The first-order valence-electron chi connectivity index (χ1n) is 5.22. The first kappa shape index (κ1) is 13.9. The summed E-state index contributed by atoms with van der Waals surface area (Å²) in [4.78, 5) is 27.6. The maximum absolute atomic E-state index is 12.0. The van der Waals surface area contributed by atoms with Crippen molar-refractivity contribution >= 4 is 50.9 Å². The van der Waals surface area contributed by atoms with Crippen LogP contribution in [0.3, 0.4) is 0 Å². The monoisotopic (exact) mass is 388 g/mol. The molecular weight excluding hydrogens is 379 g/mol. The molecule has 7 heteroatoms. The van der Waals surface area contributed by atoms with Gasteiger partial charge in [0.25, 0.3) is 5.91 Å². The third kappa shape index (κ3) is 3.29. The third-order valence-corrected chi connectivity index (χ3v) is 4.06. The lowest BCUT2D eigenvalue weighted by Gasteiger charge is -2.03. The lowest BCUT2D eigenvalue weighted by atomic mass is 10.2. The van der Waals surface area contributed by atoms with Gasteiger partial charge < -0.3 is 4.74 Å². The molecule has 0 atom stereocenters. The Bertz CT molecular complexity index is 627. The fourth-order valence-electron chi connectivity index (χ4n) is 1.34. The van der Waals surface area contributed by atoms with Crippen LogP contribution < -0.4 is 5.32 Å². The number of anilines is 1. The Morgan fingerprint density at radius 3 is 2.79 bits per heavy atom. The zero-order valence-corrected chi connectivity index (χ0v) is 12.8. The fourth-order valence-corrected chi connectivity index (χ4v) is 2.70. The van der Waals surface area contributed by atoms with E-state index in [0.717, 1.165) is 14.9 Å². The van der Waals surface area contributed by atoms with E-state index in [0.29, 0.717) is 15.6 Å². The molecular formula is C12H9IN2O3S. The van der Waals surface area contributed by atoms with E-state index < -0.39 is 5.97 Å². The van der Waals surface area contributed by atoms with Crippen LogP contribution in [-0.4, -0.2) is 24.0 Å². The van der Waals surface area contributed by atoms with Crippen LogP contribution in [0, 0.1) is 3.57 Å². The minimum atomic E-state index is -0.465. The van der Waals surface area contributed by atoms with Gasteiger partial charge in [-0.3, -0.25) is 10.1 Å². The minimum Gasteiger partial charge on any atom is -0.465 e. The molecule has 1 aromatic heterocycles. The standard InChI is InChI=1S/C12H9IN2O3S/c1-18-11(17)9-6-14-12(19-9)15-10(16)7-4-2-3-5-8(7)13/h2-6H,1H3,(H,14,15,16). The summed E-state index contributed by atoms with van der Waals surface area (Å²) in [7, 11) is 1.30. The SMILES string of the molecule is COC(=O)c1cnc(NC(=O)c2ccccc2I)s1. The molecule has 98 valence electrons. The number of rotatable bonds is 3. The van der Waals surface area contributed by atoms with Crippen LogP contribution in [0.25, 0.3) is 0 Å². The van der Waals surface area contributed by atoms with Crippen LogP contribution in [0.5, 0.6) is 0 Å². The number of methoxy groups -OCH3 is 1. The Morgan fingerprint density at radius 2 is 2.11 bits per heavy atom. The number of halogens is 1. The number of aromatic nitrogens is 1. The van der Waals surface area contributed by atoms with E-state index in [9.17, 15) is 9.59 Å². The van der Waals surface area contributed by atoms with Gasteiger partial charge in [-0.25, -0.2) is 9.78 Å². The van der Waals surface area contributed by atoms with Gasteiger partial charge in [0.05, 0.1) is 18.9 Å². The number of esters is 1. The number of hydrogen-bond donors (Lipinski definition) is 1. The van der Waals surface area contributed by atoms with Crippen LogP contribution in [0.1, 0.15) is 20.0 Å². The average Bonchev–Trinajstić information content (AvgIpc) is 2.86. The molecule has 5 nitrogen and oxygen atoms in total. The summed E-state index contributed by atoms with van der Waals surface area (Å²) in [6, 6.07) is 7.22. The lowest BCUT2D eigenvalue weighted by Crippen LogP contribution is -2.12. The summed E-state index contributed by atoms with van der Waals surface area (Å²) in [6.45, 7) is 0. The molecule has 0 spiro atoms. The highest BCUT2D eigenvalue weighted by molar-refractivity contribution is 14.1. The zero-order chi connectivity index (χ0) is 13.8. The summed E-state index contributed by atoms with van der Waals surface area (Å²) >= 11 is 3.16. The van der Waals surface area contributed by atoms with Gasteiger partial charge in [0.15, 0.2) is 5.13 Å². The molecule has 0 saturated heterocycles. The molecule has 1 aromatic carbocycles. The van der Waals surface area contributed by atoms with E-state index in [2.05, 4.69) is 37.6 Å². The number of nitrogens with one attached hydrogen (secondary N) is 1. The smallest absolute Gasteiger partial charge is 0.349 e. The Balaban J connectivity index is 2.14. The van der Waals surface area contributed by atoms with Gasteiger partial charge in [-0.05, 0) is 34.7 Å². The molecule has 0 radical (unpaired) electrons. The van der Waals surface area contributed by atoms with Gasteiger partial charge in [0.1, 0.15) is 4.88 Å². The van der Waals surface area contributed by atoms with Crippen LogP contribution in [-0.2, 0) is 4.74 Å². The van der Waals surface area contributed by atoms with Crippen molar-refractivity contribution in [3.8, 4) is 0 Å². The third-order valence-electron chi connectivity index (χ3n) is 2.23. The van der Waals surface area contributed by atoms with E-state index >= 15 is 0 Å². The summed E-state index contributed by atoms with van der Waals surface area (Å²) in [5.41, 5.74) is 0.568. The number of benzene rings is 1. The highest BCUT2D eigenvalue weighted by Crippen LogP contribution is 2.20. The van der Waals surface area contributed by atoms with Crippen molar-refractivity contribution in [2.45, 2.75) is 0 Å². The number of amides is 1. The van der Waals surface area contributed by atoms with Crippen molar-refractivity contribution in [2.24, 2.45) is 0 Å². The van der Waals surface area contributed by atoms with Crippen molar-refractivity contribution in [3.63, 3.8) is 0 Å². The van der Waals surface area contributed by atoms with Crippen molar-refractivity contribution in [3.05, 3.63) is 44.5 Å². The number of carbonyl (C=O) groups excluding carboxylic acids is 2. The molecule has 0 saturated carbocycles. The molecule has 19 heavy (non-hydrogen) atoms. The highest BCUT2D eigenvalue weighted by Gasteiger charge is 2.14. The number of thiazole rings is 1. The average molecular weight is 388 g/mol. The largest absolute Gasteiger partial charge is 0.465 e. The van der Waals surface area contributed by atoms with Gasteiger partial charge in [0.2, 0.25) is 0 Å². The quantitative estimate of drug-likeness (QED) is 0.649. The molecule has 0 fully saturated rings. The van der Waals surface area contributed by atoms with Gasteiger partial charge >= 0.3 is 5.97 Å². The Morgan fingerprint density at radius 1 is 1.37 bits per heavy atom. The van der Waals surface area contributed by atoms with E-state index in [-0.39, 0.29) is 5.91 Å². The van der Waals surface area contributed by atoms with Crippen LogP contribution >= 0.6 is 33.9 Å². The Kier molecular flexibility index (Phi) is 4.48. The van der Waals surface area contributed by atoms with Crippen molar-refractivity contribution in [1.29, 1.82) is 0 Å². The second-order valence-corrected chi connectivity index (χ2v) is 5.65. The van der Waals surface area contributed by atoms with Gasteiger partial charge in [0, 0.05) is 3.57 Å². The molecule has 0 bridgehead atoms. The number of ether oxygens (including phenoxy) is 1. The summed E-state index contributed by atoms with van der Waals surface area (Å²) < 4.78 is 5.43. The van der Waals surface area contributed by atoms with E-state index in [4.69, 9.17) is 0 Å². The predicted octanol–water partition coefficient (Wildman–Crippen LogP) is 2.79. The van der Waals surface area contributed by atoms with E-state index in [1.807, 2.05) is 12.1 Å². The second kappa shape index (κ2) is 6.11.